The molecule has 0 fully saturated rings. The van der Waals surface area contributed by atoms with Crippen molar-refractivity contribution in [2.45, 2.75) is 0 Å². The largest absolute Gasteiger partial charge is 0.496 e. The number of carbonyl (C=O) groups excluding carboxylic acids is 1. The summed E-state index contributed by atoms with van der Waals surface area (Å²) >= 11 is 16.9. The first-order valence-corrected chi connectivity index (χ1v) is 8.03. The number of ether oxygens (including phenoxy) is 1. The molecule has 0 aliphatic heterocycles. The van der Waals surface area contributed by atoms with Gasteiger partial charge >= 0.3 is 0 Å². The fraction of sp³-hybridized carbons (Fsp3) is 0.0588. The van der Waals surface area contributed by atoms with Gasteiger partial charge in [0.2, 0.25) is 5.91 Å². The van der Waals surface area contributed by atoms with Crippen LogP contribution in [-0.2, 0) is 4.79 Å². The van der Waals surface area contributed by atoms with Crippen molar-refractivity contribution < 1.29 is 9.53 Å². The summed E-state index contributed by atoms with van der Waals surface area (Å²) in [6, 6.07) is 12.3. The molecule has 0 aromatic heterocycles. The van der Waals surface area contributed by atoms with Gasteiger partial charge in [-0.3, -0.25) is 10.1 Å². The number of methoxy groups -OCH3 is 1. The molecule has 0 saturated carbocycles. The molecule has 0 spiro atoms. The molecule has 0 aliphatic rings. The Kier molecular flexibility index (Phi) is 6.61. The number of hydrogen-bond acceptors (Lipinski definition) is 3. The van der Waals surface area contributed by atoms with Crippen molar-refractivity contribution in [2.75, 3.05) is 12.4 Å². The van der Waals surface area contributed by atoms with Gasteiger partial charge in [0.1, 0.15) is 5.75 Å². The molecular weight excluding hydrogens is 367 g/mol. The van der Waals surface area contributed by atoms with Gasteiger partial charge in [-0.25, -0.2) is 0 Å². The summed E-state index contributed by atoms with van der Waals surface area (Å²) in [4.78, 5) is 11.9. The average Bonchev–Trinajstić information content (AvgIpc) is 2.52. The number of amides is 1. The summed E-state index contributed by atoms with van der Waals surface area (Å²) in [6.45, 7) is 0. The van der Waals surface area contributed by atoms with Crippen molar-refractivity contribution >= 4 is 58.2 Å². The topological polar surface area (TPSA) is 50.4 Å². The summed E-state index contributed by atoms with van der Waals surface area (Å²) in [5.74, 6) is 0.308. The Bertz CT molecular complexity index is 774. The van der Waals surface area contributed by atoms with E-state index in [0.29, 0.717) is 21.5 Å². The lowest BCUT2D eigenvalue weighted by Gasteiger charge is -2.09. The smallest absolute Gasteiger partial charge is 0.250 e. The van der Waals surface area contributed by atoms with E-state index in [-0.39, 0.29) is 11.0 Å². The van der Waals surface area contributed by atoms with Crippen molar-refractivity contribution in [1.82, 2.24) is 5.32 Å². The van der Waals surface area contributed by atoms with E-state index in [0.717, 1.165) is 5.56 Å². The number of para-hydroxylation sites is 1. The minimum absolute atomic E-state index is 0.142. The summed E-state index contributed by atoms with van der Waals surface area (Å²) in [6.07, 6.45) is 3.02. The third kappa shape index (κ3) is 5.53. The first-order chi connectivity index (χ1) is 11.5. The number of thiocarbonyl (C=S) groups is 1. The van der Waals surface area contributed by atoms with Crippen LogP contribution in [-0.4, -0.2) is 18.1 Å². The average molecular weight is 381 g/mol. The summed E-state index contributed by atoms with van der Waals surface area (Å²) in [7, 11) is 1.57. The van der Waals surface area contributed by atoms with Crippen LogP contribution in [0.4, 0.5) is 5.69 Å². The molecule has 2 aromatic rings. The molecule has 7 heteroatoms. The first kappa shape index (κ1) is 18.3. The Morgan fingerprint density at radius 1 is 1.17 bits per heavy atom. The molecule has 0 saturated heterocycles. The van der Waals surface area contributed by atoms with E-state index < -0.39 is 0 Å². The second-order valence-corrected chi connectivity index (χ2v) is 5.96. The molecule has 0 atom stereocenters. The van der Waals surface area contributed by atoms with Gasteiger partial charge in [-0.15, -0.1) is 0 Å². The van der Waals surface area contributed by atoms with Crippen molar-refractivity contribution in [3.8, 4) is 5.75 Å². The van der Waals surface area contributed by atoms with Gasteiger partial charge in [0.15, 0.2) is 5.11 Å². The highest BCUT2D eigenvalue weighted by atomic mass is 35.5. The van der Waals surface area contributed by atoms with E-state index in [1.165, 1.54) is 6.08 Å². The molecule has 0 bridgehead atoms. The molecule has 124 valence electrons. The van der Waals surface area contributed by atoms with Crippen LogP contribution in [0.25, 0.3) is 6.08 Å². The third-order valence-corrected chi connectivity index (χ3v) is 3.55. The van der Waals surface area contributed by atoms with Gasteiger partial charge in [-0.1, -0.05) is 41.4 Å². The van der Waals surface area contributed by atoms with Crippen LogP contribution in [0, 0.1) is 0 Å². The maximum absolute atomic E-state index is 11.9. The molecule has 2 N–H and O–H groups in total. The van der Waals surface area contributed by atoms with E-state index in [2.05, 4.69) is 10.6 Å². The van der Waals surface area contributed by atoms with E-state index in [4.69, 9.17) is 40.2 Å². The maximum atomic E-state index is 11.9. The molecule has 0 heterocycles. The van der Waals surface area contributed by atoms with Crippen LogP contribution in [0.1, 0.15) is 5.56 Å². The highest BCUT2D eigenvalue weighted by molar-refractivity contribution is 7.80. The number of nitrogens with one attached hydrogen (secondary N) is 2. The Labute approximate surface area is 155 Å². The molecule has 2 aromatic carbocycles. The summed E-state index contributed by atoms with van der Waals surface area (Å²) in [5.41, 5.74) is 1.38. The SMILES string of the molecule is COc1ccccc1C=CC(=O)NC(=S)Nc1cc(Cl)cc(Cl)c1. The number of rotatable bonds is 4. The highest BCUT2D eigenvalue weighted by Gasteiger charge is 2.04. The molecule has 0 radical (unpaired) electrons. The zero-order valence-electron chi connectivity index (χ0n) is 12.7. The minimum Gasteiger partial charge on any atom is -0.496 e. The molecular formula is C17H14Cl2N2O2S. The van der Waals surface area contributed by atoms with E-state index in [1.54, 1.807) is 31.4 Å². The lowest BCUT2D eigenvalue weighted by molar-refractivity contribution is -0.115. The standard InChI is InChI=1S/C17H14Cl2N2O2S/c1-23-15-5-3-2-4-11(15)6-7-16(22)21-17(24)20-14-9-12(18)8-13(19)10-14/h2-10H,1H3,(H2,20,21,22,24). The Balaban J connectivity index is 1.96. The van der Waals surface area contributed by atoms with E-state index in [9.17, 15) is 4.79 Å². The zero-order valence-corrected chi connectivity index (χ0v) is 15.0. The van der Waals surface area contributed by atoms with Crippen LogP contribution in [0.2, 0.25) is 10.0 Å². The Hall–Kier alpha value is -2.08. The lowest BCUT2D eigenvalue weighted by Crippen LogP contribution is -2.32. The molecule has 0 unspecified atom stereocenters. The van der Waals surface area contributed by atoms with Gasteiger partial charge in [0, 0.05) is 27.4 Å². The van der Waals surface area contributed by atoms with Crippen LogP contribution in [0.5, 0.6) is 5.75 Å². The summed E-state index contributed by atoms with van der Waals surface area (Å²) in [5, 5.41) is 6.47. The highest BCUT2D eigenvalue weighted by Crippen LogP contribution is 2.22. The fourth-order valence-electron chi connectivity index (χ4n) is 1.91. The molecule has 1 amide bonds. The predicted molar refractivity (Wildman–Crippen MR) is 103 cm³/mol. The number of hydrogen-bond donors (Lipinski definition) is 2. The second kappa shape index (κ2) is 8.68. The number of anilines is 1. The normalized spacial score (nSPS) is 10.5. The van der Waals surface area contributed by atoms with Crippen molar-refractivity contribution in [3.63, 3.8) is 0 Å². The van der Waals surface area contributed by atoms with Gasteiger partial charge in [-0.05, 0) is 42.6 Å². The lowest BCUT2D eigenvalue weighted by atomic mass is 10.2. The minimum atomic E-state index is -0.369. The van der Waals surface area contributed by atoms with Gasteiger partial charge in [0.25, 0.3) is 0 Å². The molecule has 4 nitrogen and oxygen atoms in total. The van der Waals surface area contributed by atoms with Gasteiger partial charge in [0.05, 0.1) is 7.11 Å². The maximum Gasteiger partial charge on any atom is 0.250 e. The van der Waals surface area contributed by atoms with E-state index in [1.807, 2.05) is 24.3 Å². The molecule has 2 rings (SSSR count). The second-order valence-electron chi connectivity index (χ2n) is 4.68. The van der Waals surface area contributed by atoms with Crippen LogP contribution < -0.4 is 15.4 Å². The first-order valence-electron chi connectivity index (χ1n) is 6.87. The quantitative estimate of drug-likeness (QED) is 0.604. The number of benzene rings is 2. The number of halogens is 2. The van der Waals surface area contributed by atoms with Crippen molar-refractivity contribution in [2.24, 2.45) is 0 Å². The van der Waals surface area contributed by atoms with Crippen LogP contribution in [0.15, 0.2) is 48.5 Å². The summed E-state index contributed by atoms with van der Waals surface area (Å²) < 4.78 is 5.21. The molecule has 24 heavy (non-hydrogen) atoms. The van der Waals surface area contributed by atoms with Crippen LogP contribution >= 0.6 is 35.4 Å². The fourth-order valence-corrected chi connectivity index (χ4v) is 2.66. The van der Waals surface area contributed by atoms with Gasteiger partial charge in [-0.2, -0.15) is 0 Å². The van der Waals surface area contributed by atoms with Crippen LogP contribution in [0.3, 0.4) is 0 Å². The van der Waals surface area contributed by atoms with Gasteiger partial charge < -0.3 is 10.1 Å². The third-order valence-electron chi connectivity index (χ3n) is 2.91. The zero-order chi connectivity index (χ0) is 17.5. The predicted octanol–water partition coefficient (Wildman–Crippen LogP) is 4.53. The monoisotopic (exact) mass is 380 g/mol. The Morgan fingerprint density at radius 3 is 2.50 bits per heavy atom. The van der Waals surface area contributed by atoms with Crippen molar-refractivity contribution in [1.29, 1.82) is 0 Å². The molecule has 0 aliphatic carbocycles. The van der Waals surface area contributed by atoms with Crippen molar-refractivity contribution in [3.05, 3.63) is 64.1 Å². The van der Waals surface area contributed by atoms with E-state index >= 15 is 0 Å². The Morgan fingerprint density at radius 2 is 1.83 bits per heavy atom. The number of carbonyl (C=O) groups is 1.